The average Bonchev–Trinajstić information content (AvgIpc) is 2.89. The topological polar surface area (TPSA) is 166 Å². The number of hydrogen-bond acceptors (Lipinski definition) is 9. The zero-order valence-corrected chi connectivity index (χ0v) is 22.0. The lowest BCUT2D eigenvalue weighted by Crippen LogP contribution is -2.59. The maximum absolute atomic E-state index is 14.5. The Bertz CT molecular complexity index is 1790. The summed E-state index contributed by atoms with van der Waals surface area (Å²) in [4.78, 5) is 21.6. The average molecular weight is 601 g/mol. The molecule has 3 aromatic carbocycles. The minimum absolute atomic E-state index is 0.435. The largest absolute Gasteiger partial charge is 0.297 e. The highest BCUT2D eigenvalue weighted by molar-refractivity contribution is 7.95. The van der Waals surface area contributed by atoms with Gasteiger partial charge in [-0.25, -0.2) is 34.0 Å². The molecule has 0 N–H and O–H groups in total. The molecule has 1 heterocycles. The molecular formula is C23H18F2N2O9S3. The van der Waals surface area contributed by atoms with Crippen LogP contribution in [0, 0.1) is 21.7 Å². The Morgan fingerprint density at radius 1 is 0.769 bits per heavy atom. The molecule has 2 atom stereocenters. The standard InChI is InChI=1S/C23H18F2N2O9S3/c24-15-8-10-17(11-9-15)39(35,36)26-13-21(37(31,32)18-5-3-4-16(12-18)27(29)30)23(28)22(14-26)38(33,34)20-7-2-1-6-19(20)25/h1-12,21-22H,13-14H2. The van der Waals surface area contributed by atoms with Crippen molar-refractivity contribution >= 4 is 41.2 Å². The zero-order chi connectivity index (χ0) is 28.8. The van der Waals surface area contributed by atoms with E-state index >= 15 is 0 Å². The van der Waals surface area contributed by atoms with Gasteiger partial charge in [-0.1, -0.05) is 18.2 Å². The molecule has 16 heteroatoms. The Balaban J connectivity index is 1.88. The van der Waals surface area contributed by atoms with Gasteiger partial charge in [-0.05, 0) is 42.5 Å². The van der Waals surface area contributed by atoms with Crippen LogP contribution in [-0.4, -0.2) is 63.9 Å². The number of carbonyl (C=O) groups excluding carboxylic acids is 1. The van der Waals surface area contributed by atoms with Gasteiger partial charge in [0.2, 0.25) is 10.0 Å². The highest BCUT2D eigenvalue weighted by atomic mass is 32.2. The fraction of sp³-hybridized carbons (Fsp3) is 0.174. The smallest absolute Gasteiger partial charge is 0.270 e. The Kier molecular flexibility index (Phi) is 7.41. The highest BCUT2D eigenvalue weighted by Crippen LogP contribution is 2.32. The second-order valence-corrected chi connectivity index (χ2v) is 14.6. The molecular weight excluding hydrogens is 582 g/mol. The van der Waals surface area contributed by atoms with Crippen molar-refractivity contribution in [2.45, 2.75) is 25.2 Å². The number of benzene rings is 3. The fourth-order valence-corrected chi connectivity index (χ4v) is 9.29. The van der Waals surface area contributed by atoms with E-state index in [1.165, 1.54) is 6.07 Å². The number of carbonyl (C=O) groups is 1. The van der Waals surface area contributed by atoms with Crippen molar-refractivity contribution in [3.63, 3.8) is 0 Å². The summed E-state index contributed by atoms with van der Waals surface area (Å²) in [6, 6.07) is 10.9. The van der Waals surface area contributed by atoms with Crippen molar-refractivity contribution in [1.82, 2.24) is 4.31 Å². The van der Waals surface area contributed by atoms with E-state index in [0.717, 1.165) is 60.7 Å². The predicted molar refractivity (Wildman–Crippen MR) is 132 cm³/mol. The molecule has 0 spiro atoms. The van der Waals surface area contributed by atoms with Crippen LogP contribution in [-0.2, 0) is 34.5 Å². The number of ketones is 1. The molecule has 1 fully saturated rings. The van der Waals surface area contributed by atoms with Gasteiger partial charge in [0, 0.05) is 25.2 Å². The minimum Gasteiger partial charge on any atom is -0.297 e. The molecule has 39 heavy (non-hydrogen) atoms. The van der Waals surface area contributed by atoms with Gasteiger partial charge in [0.05, 0.1) is 14.7 Å². The van der Waals surface area contributed by atoms with E-state index in [0.29, 0.717) is 10.4 Å². The van der Waals surface area contributed by atoms with Crippen LogP contribution in [0.15, 0.2) is 87.5 Å². The monoisotopic (exact) mass is 600 g/mol. The lowest BCUT2D eigenvalue weighted by Gasteiger charge is -2.35. The first kappa shape index (κ1) is 28.4. The number of hydrogen-bond donors (Lipinski definition) is 0. The number of Topliss-reactive ketones (excluding diaryl/α,β-unsaturated/α-hetero) is 1. The quantitative estimate of drug-likeness (QED) is 0.292. The third-order valence-corrected chi connectivity index (χ3v) is 12.0. The van der Waals surface area contributed by atoms with Gasteiger partial charge in [0.15, 0.2) is 25.5 Å². The molecule has 0 bridgehead atoms. The molecule has 11 nitrogen and oxygen atoms in total. The number of sulfone groups is 2. The van der Waals surface area contributed by atoms with Gasteiger partial charge >= 0.3 is 0 Å². The predicted octanol–water partition coefficient (Wildman–Crippen LogP) is 2.13. The number of non-ortho nitro benzene ring substituents is 1. The van der Waals surface area contributed by atoms with Crippen LogP contribution in [0.1, 0.15) is 0 Å². The van der Waals surface area contributed by atoms with Crippen molar-refractivity contribution in [1.29, 1.82) is 0 Å². The van der Waals surface area contributed by atoms with Gasteiger partial charge in [0.1, 0.15) is 27.0 Å². The molecule has 1 aliphatic rings. The normalized spacial score (nSPS) is 19.1. The summed E-state index contributed by atoms with van der Waals surface area (Å²) in [7, 11) is -14.6. The van der Waals surface area contributed by atoms with Gasteiger partial charge in [-0.2, -0.15) is 4.31 Å². The van der Waals surface area contributed by atoms with Gasteiger partial charge in [-0.3, -0.25) is 14.9 Å². The summed E-state index contributed by atoms with van der Waals surface area (Å²) in [5, 5.41) is 6.50. The Morgan fingerprint density at radius 2 is 1.36 bits per heavy atom. The van der Waals surface area contributed by atoms with Crippen molar-refractivity contribution in [2.75, 3.05) is 13.1 Å². The molecule has 206 valence electrons. The van der Waals surface area contributed by atoms with Crippen molar-refractivity contribution in [3.05, 3.63) is 94.5 Å². The lowest BCUT2D eigenvalue weighted by atomic mass is 10.1. The van der Waals surface area contributed by atoms with Gasteiger partial charge in [-0.15, -0.1) is 0 Å². The molecule has 1 saturated heterocycles. The Hall–Kier alpha value is -3.60. The van der Waals surface area contributed by atoms with E-state index in [-0.39, 0.29) is 0 Å². The second kappa shape index (κ2) is 10.2. The van der Waals surface area contributed by atoms with Crippen LogP contribution >= 0.6 is 0 Å². The van der Waals surface area contributed by atoms with Crippen LogP contribution in [0.2, 0.25) is 0 Å². The first-order chi connectivity index (χ1) is 18.2. The van der Waals surface area contributed by atoms with Crippen LogP contribution in [0.3, 0.4) is 0 Å². The number of nitro benzene ring substituents is 1. The van der Waals surface area contributed by atoms with E-state index in [1.54, 1.807) is 0 Å². The SMILES string of the molecule is O=C1C(S(=O)(=O)c2cccc([N+](=O)[O-])c2)CN(S(=O)(=O)c2ccc(F)cc2)CC1S(=O)(=O)c1ccccc1F. The number of rotatable bonds is 7. The minimum atomic E-state index is -4.98. The molecule has 0 aliphatic carbocycles. The fourth-order valence-electron chi connectivity index (χ4n) is 4.05. The number of nitro groups is 1. The van der Waals surface area contributed by atoms with Crippen molar-refractivity contribution < 1.29 is 43.8 Å². The summed E-state index contributed by atoms with van der Waals surface area (Å²) in [5.74, 6) is -3.47. The molecule has 4 rings (SSSR count). The zero-order valence-electron chi connectivity index (χ0n) is 19.5. The molecule has 0 saturated carbocycles. The van der Waals surface area contributed by atoms with Crippen molar-refractivity contribution in [2.24, 2.45) is 0 Å². The maximum atomic E-state index is 14.5. The summed E-state index contributed by atoms with van der Waals surface area (Å²) >= 11 is 0. The molecule has 0 aromatic heterocycles. The number of sulfonamides is 1. The lowest BCUT2D eigenvalue weighted by molar-refractivity contribution is -0.385. The van der Waals surface area contributed by atoms with Crippen molar-refractivity contribution in [3.8, 4) is 0 Å². The molecule has 2 unspecified atom stereocenters. The number of piperidine rings is 1. The van der Waals surface area contributed by atoms with E-state index < -0.39 is 96.0 Å². The van der Waals surface area contributed by atoms with E-state index in [4.69, 9.17) is 0 Å². The molecule has 1 aliphatic heterocycles. The Labute approximate surface area is 221 Å². The maximum Gasteiger partial charge on any atom is 0.270 e. The number of halogens is 2. The van der Waals surface area contributed by atoms with E-state index in [2.05, 4.69) is 0 Å². The highest BCUT2D eigenvalue weighted by Gasteiger charge is 2.52. The second-order valence-electron chi connectivity index (χ2n) is 8.43. The summed E-state index contributed by atoms with van der Waals surface area (Å²) < 4.78 is 109. The van der Waals surface area contributed by atoms with E-state index in [1.807, 2.05) is 0 Å². The van der Waals surface area contributed by atoms with Gasteiger partial charge in [0.25, 0.3) is 5.69 Å². The first-order valence-corrected chi connectivity index (χ1v) is 15.5. The summed E-state index contributed by atoms with van der Waals surface area (Å²) in [6.07, 6.45) is 0. The molecule has 0 radical (unpaired) electrons. The summed E-state index contributed by atoms with van der Waals surface area (Å²) in [6.45, 7) is -2.11. The van der Waals surface area contributed by atoms with Gasteiger partial charge < -0.3 is 0 Å². The van der Waals surface area contributed by atoms with Crippen LogP contribution in [0.4, 0.5) is 14.5 Å². The summed E-state index contributed by atoms with van der Waals surface area (Å²) in [5.41, 5.74) is -0.648. The number of nitrogens with zero attached hydrogens (tertiary/aromatic N) is 2. The molecule has 0 amide bonds. The molecule has 3 aromatic rings. The van der Waals surface area contributed by atoms with Crippen LogP contribution in [0.5, 0.6) is 0 Å². The third-order valence-electron chi connectivity index (χ3n) is 6.07. The van der Waals surface area contributed by atoms with E-state index in [9.17, 15) is 48.9 Å². The Morgan fingerprint density at radius 3 is 1.95 bits per heavy atom. The van der Waals surface area contributed by atoms with Crippen LogP contribution in [0.25, 0.3) is 0 Å². The first-order valence-electron chi connectivity index (χ1n) is 10.9. The third kappa shape index (κ3) is 5.19. The van der Waals surface area contributed by atoms with Crippen LogP contribution < -0.4 is 0 Å².